The van der Waals surface area contributed by atoms with Crippen molar-refractivity contribution in [3.63, 3.8) is 0 Å². The van der Waals surface area contributed by atoms with Crippen molar-refractivity contribution in [1.82, 2.24) is 0 Å². The Kier molecular flexibility index (Phi) is 2.04. The molecule has 5 aliphatic carbocycles. The predicted octanol–water partition coefficient (Wildman–Crippen LogP) is 4.15. The Balaban J connectivity index is 1.86. The molecule has 102 valence electrons. The summed E-state index contributed by atoms with van der Waals surface area (Å²) in [5.41, 5.74) is 0.727. The van der Waals surface area contributed by atoms with Crippen molar-refractivity contribution in [2.24, 2.45) is 34.0 Å². The average Bonchev–Trinajstić information content (AvgIpc) is 2.68. The monoisotopic (exact) mass is 256 g/mol. The van der Waals surface area contributed by atoms with E-state index >= 15 is 0 Å². The summed E-state index contributed by atoms with van der Waals surface area (Å²) in [6, 6.07) is 0. The molecule has 0 radical (unpaired) electrons. The second kappa shape index (κ2) is 3.24. The lowest BCUT2D eigenvalue weighted by molar-refractivity contribution is -0.136. The summed E-state index contributed by atoms with van der Waals surface area (Å²) in [6.45, 7) is 8.61. The molecule has 0 N–H and O–H groups in total. The molecule has 1 spiro atoms. The van der Waals surface area contributed by atoms with Crippen molar-refractivity contribution < 1.29 is 4.79 Å². The van der Waals surface area contributed by atoms with Crippen molar-refractivity contribution in [3.8, 4) is 0 Å². The third-order valence-corrected chi connectivity index (χ3v) is 7.14. The lowest BCUT2D eigenvalue weighted by Gasteiger charge is -2.55. The van der Waals surface area contributed by atoms with E-state index in [-0.39, 0.29) is 5.41 Å². The van der Waals surface area contributed by atoms with Gasteiger partial charge in [-0.3, -0.25) is 4.79 Å². The lowest BCUT2D eigenvalue weighted by Crippen LogP contribution is -2.52. The van der Waals surface area contributed by atoms with Gasteiger partial charge in [-0.15, -0.1) is 6.58 Å². The Morgan fingerprint density at radius 1 is 1.42 bits per heavy atom. The second-order valence-electron chi connectivity index (χ2n) is 8.25. The Morgan fingerprint density at radius 3 is 2.89 bits per heavy atom. The van der Waals surface area contributed by atoms with Crippen molar-refractivity contribution in [3.05, 3.63) is 24.8 Å². The Morgan fingerprint density at radius 2 is 2.21 bits per heavy atom. The van der Waals surface area contributed by atoms with Crippen LogP contribution in [0.2, 0.25) is 0 Å². The minimum absolute atomic E-state index is 0.183. The number of allylic oxidation sites excluding steroid dienone is 3. The van der Waals surface area contributed by atoms with Crippen LogP contribution in [0.25, 0.3) is 0 Å². The summed E-state index contributed by atoms with van der Waals surface area (Å²) in [5.74, 6) is 2.61. The highest BCUT2D eigenvalue weighted by atomic mass is 16.1. The number of rotatable bonds is 2. The molecule has 0 aromatic heterocycles. The molecule has 4 bridgehead atoms. The zero-order valence-electron chi connectivity index (χ0n) is 12.1. The molecule has 5 aliphatic rings. The van der Waals surface area contributed by atoms with Gasteiger partial charge in [0.25, 0.3) is 0 Å². The molecule has 19 heavy (non-hydrogen) atoms. The maximum Gasteiger partial charge on any atom is 0.161 e. The molecule has 5 rings (SSSR count). The second-order valence-corrected chi connectivity index (χ2v) is 8.25. The SMILES string of the molecule is C=CC[C@]1(C)C(=O)C=CC23CC4CC(CC4(C)C2)C31. The van der Waals surface area contributed by atoms with E-state index < -0.39 is 0 Å². The Bertz CT molecular complexity index is 504. The van der Waals surface area contributed by atoms with Crippen LogP contribution in [0.3, 0.4) is 0 Å². The molecule has 0 aliphatic heterocycles. The molecular formula is C18H24O. The lowest BCUT2D eigenvalue weighted by atomic mass is 9.47. The normalized spacial score (nSPS) is 57.6. The van der Waals surface area contributed by atoms with Gasteiger partial charge in [0.1, 0.15) is 0 Å². The fourth-order valence-corrected chi connectivity index (χ4v) is 6.79. The molecule has 1 nitrogen and oxygen atoms in total. The number of carbonyl (C=O) groups excluding carboxylic acids is 1. The van der Waals surface area contributed by atoms with Crippen LogP contribution in [0.1, 0.15) is 46.0 Å². The number of hydrogen-bond donors (Lipinski definition) is 0. The molecule has 6 atom stereocenters. The first kappa shape index (κ1) is 11.9. The molecule has 4 fully saturated rings. The highest BCUT2D eigenvalue weighted by Crippen LogP contribution is 2.76. The van der Waals surface area contributed by atoms with Gasteiger partial charge in [0, 0.05) is 5.41 Å². The van der Waals surface area contributed by atoms with Crippen LogP contribution in [-0.4, -0.2) is 5.78 Å². The van der Waals surface area contributed by atoms with Crippen LogP contribution in [0.15, 0.2) is 24.8 Å². The maximum absolute atomic E-state index is 12.5. The number of ketones is 1. The van der Waals surface area contributed by atoms with Gasteiger partial charge < -0.3 is 0 Å². The first-order valence-electron chi connectivity index (χ1n) is 7.78. The standard InChI is InChI=1S/C18H24O/c1-4-6-17(3)14(19)5-7-18-10-13-8-12(15(17)18)9-16(13,2)11-18/h4-5,7,12-13,15H,1,6,8-11H2,2-3H3/t12?,13?,15?,16?,17-,18?/m1/s1. The van der Waals surface area contributed by atoms with Gasteiger partial charge in [0.05, 0.1) is 0 Å². The van der Waals surface area contributed by atoms with Crippen molar-refractivity contribution >= 4 is 5.78 Å². The molecule has 0 amide bonds. The Labute approximate surface area is 116 Å². The van der Waals surface area contributed by atoms with Crippen LogP contribution in [0, 0.1) is 34.0 Å². The summed E-state index contributed by atoms with van der Waals surface area (Å²) in [6.07, 6.45) is 12.4. The fraction of sp³-hybridized carbons (Fsp3) is 0.722. The molecule has 0 aromatic rings. The number of carbonyl (C=O) groups is 1. The van der Waals surface area contributed by atoms with E-state index in [0.717, 1.165) is 18.3 Å². The minimum Gasteiger partial charge on any atom is -0.294 e. The molecule has 4 saturated carbocycles. The summed E-state index contributed by atoms with van der Waals surface area (Å²) in [7, 11) is 0. The summed E-state index contributed by atoms with van der Waals surface area (Å²) in [5, 5.41) is 0. The summed E-state index contributed by atoms with van der Waals surface area (Å²) >= 11 is 0. The smallest absolute Gasteiger partial charge is 0.161 e. The Hall–Kier alpha value is -0.850. The van der Waals surface area contributed by atoms with Crippen LogP contribution >= 0.6 is 0 Å². The van der Waals surface area contributed by atoms with E-state index in [2.05, 4.69) is 26.5 Å². The third-order valence-electron chi connectivity index (χ3n) is 7.14. The van der Waals surface area contributed by atoms with Crippen molar-refractivity contribution in [2.45, 2.75) is 46.0 Å². The highest BCUT2D eigenvalue weighted by Gasteiger charge is 2.70. The summed E-state index contributed by atoms with van der Waals surface area (Å²) in [4.78, 5) is 12.5. The van der Waals surface area contributed by atoms with Gasteiger partial charge in [0.2, 0.25) is 0 Å². The van der Waals surface area contributed by atoms with Gasteiger partial charge >= 0.3 is 0 Å². The topological polar surface area (TPSA) is 17.1 Å². The molecular weight excluding hydrogens is 232 g/mol. The van der Waals surface area contributed by atoms with E-state index in [1.54, 1.807) is 0 Å². The molecule has 0 heterocycles. The zero-order valence-corrected chi connectivity index (χ0v) is 12.1. The van der Waals surface area contributed by atoms with Crippen molar-refractivity contribution in [2.75, 3.05) is 0 Å². The van der Waals surface area contributed by atoms with Crippen LogP contribution in [0.5, 0.6) is 0 Å². The van der Waals surface area contributed by atoms with E-state index in [4.69, 9.17) is 0 Å². The first-order valence-corrected chi connectivity index (χ1v) is 7.78. The summed E-state index contributed by atoms with van der Waals surface area (Å²) < 4.78 is 0. The quantitative estimate of drug-likeness (QED) is 0.678. The number of hydrogen-bond acceptors (Lipinski definition) is 1. The highest BCUT2D eigenvalue weighted by molar-refractivity contribution is 5.96. The van der Waals surface area contributed by atoms with Gasteiger partial charge in [-0.1, -0.05) is 26.0 Å². The van der Waals surface area contributed by atoms with Crippen LogP contribution in [0.4, 0.5) is 0 Å². The molecule has 5 unspecified atom stereocenters. The van der Waals surface area contributed by atoms with Crippen molar-refractivity contribution in [1.29, 1.82) is 0 Å². The van der Waals surface area contributed by atoms with E-state index in [0.29, 0.717) is 22.5 Å². The maximum atomic E-state index is 12.5. The van der Waals surface area contributed by atoms with E-state index in [9.17, 15) is 4.79 Å². The van der Waals surface area contributed by atoms with Gasteiger partial charge in [-0.25, -0.2) is 0 Å². The van der Waals surface area contributed by atoms with E-state index in [1.807, 2.05) is 12.2 Å². The molecule has 0 saturated heterocycles. The first-order chi connectivity index (χ1) is 8.94. The van der Waals surface area contributed by atoms with Gasteiger partial charge in [0.15, 0.2) is 5.78 Å². The third kappa shape index (κ3) is 1.21. The molecule has 1 heteroatoms. The average molecular weight is 256 g/mol. The van der Waals surface area contributed by atoms with Gasteiger partial charge in [-0.05, 0) is 66.8 Å². The van der Waals surface area contributed by atoms with Crippen LogP contribution in [-0.2, 0) is 4.79 Å². The molecule has 0 aromatic carbocycles. The van der Waals surface area contributed by atoms with Crippen LogP contribution < -0.4 is 0 Å². The predicted molar refractivity (Wildman–Crippen MR) is 76.5 cm³/mol. The fourth-order valence-electron chi connectivity index (χ4n) is 6.79. The minimum atomic E-state index is -0.183. The zero-order chi connectivity index (χ0) is 13.5. The largest absolute Gasteiger partial charge is 0.294 e. The van der Waals surface area contributed by atoms with Gasteiger partial charge in [-0.2, -0.15) is 0 Å². The van der Waals surface area contributed by atoms with E-state index in [1.165, 1.54) is 25.7 Å².